The summed E-state index contributed by atoms with van der Waals surface area (Å²) < 4.78 is 0. The first-order valence-corrected chi connectivity index (χ1v) is 4.31. The van der Waals surface area contributed by atoms with Crippen LogP contribution in [0.4, 0.5) is 0 Å². The minimum atomic E-state index is -0.960. The highest BCUT2D eigenvalue weighted by Crippen LogP contribution is 2.16. The molecule has 1 fully saturated rings. The Bertz CT molecular complexity index is 194. The van der Waals surface area contributed by atoms with Crippen molar-refractivity contribution in [2.24, 2.45) is 0 Å². The Balaban J connectivity index is 2.53. The van der Waals surface area contributed by atoms with Gasteiger partial charge < -0.3 is 10.4 Å². The quantitative estimate of drug-likeness (QED) is 0.573. The van der Waals surface area contributed by atoms with E-state index in [1.807, 2.05) is 0 Å². The van der Waals surface area contributed by atoms with Crippen LogP contribution in [-0.2, 0) is 9.59 Å². The molecular weight excluding hydrogens is 166 g/mol. The molecule has 5 heteroatoms. The number of hydrogen-bond acceptors (Lipinski definition) is 3. The molecular formula is C6H9NO3S. The Kier molecular flexibility index (Phi) is 2.38. The highest BCUT2D eigenvalue weighted by molar-refractivity contribution is 8.00. The first kappa shape index (κ1) is 8.39. The van der Waals surface area contributed by atoms with Crippen LogP contribution >= 0.6 is 11.8 Å². The van der Waals surface area contributed by atoms with E-state index in [9.17, 15) is 9.59 Å². The summed E-state index contributed by atoms with van der Waals surface area (Å²) in [7, 11) is 0. The lowest BCUT2D eigenvalue weighted by Crippen LogP contribution is -2.49. The summed E-state index contributed by atoms with van der Waals surface area (Å²) in [5.74, 6) is -0.686. The molecule has 0 unspecified atom stereocenters. The standard InChI is InChI=1S/C6H9NO3S/c1-3-5(8)7-4(2-11-3)6(9)10/h3-4H,2H2,1H3,(H,7,8)(H,9,10)/t3-,4+/m0/s1. The van der Waals surface area contributed by atoms with Crippen molar-refractivity contribution in [1.29, 1.82) is 0 Å². The van der Waals surface area contributed by atoms with Gasteiger partial charge in [0.05, 0.1) is 5.25 Å². The number of amides is 1. The van der Waals surface area contributed by atoms with Gasteiger partial charge in [-0.25, -0.2) is 4.79 Å². The lowest BCUT2D eigenvalue weighted by atomic mass is 10.3. The number of aliphatic carboxylic acids is 1. The maximum Gasteiger partial charge on any atom is 0.327 e. The molecule has 0 spiro atoms. The molecule has 1 aliphatic rings. The summed E-state index contributed by atoms with van der Waals surface area (Å²) in [4.78, 5) is 21.3. The van der Waals surface area contributed by atoms with Crippen molar-refractivity contribution in [1.82, 2.24) is 5.32 Å². The molecule has 2 atom stereocenters. The lowest BCUT2D eigenvalue weighted by Gasteiger charge is -2.23. The van der Waals surface area contributed by atoms with Gasteiger partial charge in [0, 0.05) is 5.75 Å². The number of rotatable bonds is 1. The average molecular weight is 175 g/mol. The molecule has 62 valence electrons. The van der Waals surface area contributed by atoms with Gasteiger partial charge in [-0.1, -0.05) is 0 Å². The molecule has 1 saturated heterocycles. The van der Waals surface area contributed by atoms with E-state index in [4.69, 9.17) is 5.11 Å². The third kappa shape index (κ3) is 1.86. The first-order chi connectivity index (χ1) is 5.11. The van der Waals surface area contributed by atoms with E-state index in [0.29, 0.717) is 5.75 Å². The summed E-state index contributed by atoms with van der Waals surface area (Å²) in [6.07, 6.45) is 0. The summed E-state index contributed by atoms with van der Waals surface area (Å²) >= 11 is 1.37. The van der Waals surface area contributed by atoms with E-state index in [1.54, 1.807) is 6.92 Å². The monoisotopic (exact) mass is 175 g/mol. The van der Waals surface area contributed by atoms with Crippen molar-refractivity contribution in [2.45, 2.75) is 18.2 Å². The zero-order valence-electron chi connectivity index (χ0n) is 6.03. The zero-order valence-corrected chi connectivity index (χ0v) is 6.85. The molecule has 1 heterocycles. The summed E-state index contributed by atoms with van der Waals surface area (Å²) in [5, 5.41) is 10.8. The number of nitrogens with one attached hydrogen (secondary N) is 1. The summed E-state index contributed by atoms with van der Waals surface area (Å²) in [6, 6.07) is -0.705. The average Bonchev–Trinajstić information content (AvgIpc) is 1.94. The van der Waals surface area contributed by atoms with Gasteiger partial charge >= 0.3 is 5.97 Å². The highest BCUT2D eigenvalue weighted by Gasteiger charge is 2.29. The minimum Gasteiger partial charge on any atom is -0.480 e. The van der Waals surface area contributed by atoms with Crippen molar-refractivity contribution in [3.63, 3.8) is 0 Å². The Morgan fingerprint density at radius 2 is 2.45 bits per heavy atom. The van der Waals surface area contributed by atoms with Crippen molar-refractivity contribution in [3.05, 3.63) is 0 Å². The van der Waals surface area contributed by atoms with Crippen molar-refractivity contribution in [3.8, 4) is 0 Å². The van der Waals surface area contributed by atoms with Gasteiger partial charge in [-0.15, -0.1) is 11.8 Å². The van der Waals surface area contributed by atoms with Crippen molar-refractivity contribution < 1.29 is 14.7 Å². The van der Waals surface area contributed by atoms with Crippen LogP contribution < -0.4 is 5.32 Å². The number of carbonyl (C=O) groups excluding carboxylic acids is 1. The molecule has 1 rings (SSSR count). The third-order valence-electron chi connectivity index (χ3n) is 1.50. The van der Waals surface area contributed by atoms with Crippen LogP contribution in [0.2, 0.25) is 0 Å². The van der Waals surface area contributed by atoms with Gasteiger partial charge in [-0.2, -0.15) is 0 Å². The molecule has 0 aromatic carbocycles. The molecule has 0 aliphatic carbocycles. The van der Waals surface area contributed by atoms with Crippen LogP contribution in [0, 0.1) is 0 Å². The lowest BCUT2D eigenvalue weighted by molar-refractivity contribution is -0.141. The van der Waals surface area contributed by atoms with Crippen LogP contribution in [0.5, 0.6) is 0 Å². The summed E-state index contributed by atoms with van der Waals surface area (Å²) in [6.45, 7) is 1.76. The molecule has 0 aromatic rings. The van der Waals surface area contributed by atoms with Crippen LogP contribution in [-0.4, -0.2) is 34.0 Å². The number of carboxylic acid groups (broad SMARTS) is 1. The largest absolute Gasteiger partial charge is 0.480 e. The van der Waals surface area contributed by atoms with E-state index in [0.717, 1.165) is 0 Å². The normalized spacial score (nSPS) is 31.2. The number of carbonyl (C=O) groups is 2. The Morgan fingerprint density at radius 3 is 2.91 bits per heavy atom. The smallest absolute Gasteiger partial charge is 0.327 e. The van der Waals surface area contributed by atoms with Gasteiger partial charge in [0.25, 0.3) is 0 Å². The minimum absolute atomic E-state index is 0.120. The van der Waals surface area contributed by atoms with Gasteiger partial charge in [0.2, 0.25) is 5.91 Å². The molecule has 4 nitrogen and oxygen atoms in total. The van der Waals surface area contributed by atoms with E-state index in [-0.39, 0.29) is 11.2 Å². The molecule has 11 heavy (non-hydrogen) atoms. The van der Waals surface area contributed by atoms with Crippen LogP contribution in [0.15, 0.2) is 0 Å². The molecule has 0 bridgehead atoms. The number of thioether (sulfide) groups is 1. The molecule has 0 radical (unpaired) electrons. The Hall–Kier alpha value is -0.710. The molecule has 1 amide bonds. The third-order valence-corrected chi connectivity index (χ3v) is 2.74. The van der Waals surface area contributed by atoms with Gasteiger partial charge in [0.15, 0.2) is 0 Å². The Morgan fingerprint density at radius 1 is 1.82 bits per heavy atom. The van der Waals surface area contributed by atoms with Crippen LogP contribution in [0.1, 0.15) is 6.92 Å². The number of hydrogen-bond donors (Lipinski definition) is 2. The predicted molar refractivity (Wildman–Crippen MR) is 41.5 cm³/mol. The topological polar surface area (TPSA) is 66.4 Å². The maximum atomic E-state index is 10.9. The second-order valence-electron chi connectivity index (χ2n) is 2.37. The zero-order chi connectivity index (χ0) is 8.43. The second-order valence-corrected chi connectivity index (χ2v) is 3.75. The van der Waals surface area contributed by atoms with Crippen LogP contribution in [0.3, 0.4) is 0 Å². The molecule has 0 aromatic heterocycles. The van der Waals surface area contributed by atoms with E-state index >= 15 is 0 Å². The van der Waals surface area contributed by atoms with Crippen molar-refractivity contribution in [2.75, 3.05) is 5.75 Å². The van der Waals surface area contributed by atoms with Gasteiger partial charge in [0.1, 0.15) is 6.04 Å². The van der Waals surface area contributed by atoms with E-state index in [1.165, 1.54) is 11.8 Å². The molecule has 1 aliphatic heterocycles. The van der Waals surface area contributed by atoms with Gasteiger partial charge in [-0.3, -0.25) is 4.79 Å². The molecule has 2 N–H and O–H groups in total. The van der Waals surface area contributed by atoms with Gasteiger partial charge in [-0.05, 0) is 6.92 Å². The second kappa shape index (κ2) is 3.13. The number of carboxylic acids is 1. The van der Waals surface area contributed by atoms with E-state index in [2.05, 4.69) is 5.32 Å². The fourth-order valence-corrected chi connectivity index (χ4v) is 1.71. The predicted octanol–water partition coefficient (Wildman–Crippen LogP) is -0.309. The van der Waals surface area contributed by atoms with E-state index < -0.39 is 12.0 Å². The van der Waals surface area contributed by atoms with Crippen molar-refractivity contribution >= 4 is 23.6 Å². The summed E-state index contributed by atoms with van der Waals surface area (Å²) in [5.41, 5.74) is 0. The fraction of sp³-hybridized carbons (Fsp3) is 0.667. The fourth-order valence-electron chi connectivity index (χ4n) is 0.780. The van der Waals surface area contributed by atoms with Crippen LogP contribution in [0.25, 0.3) is 0 Å². The molecule has 0 saturated carbocycles. The highest BCUT2D eigenvalue weighted by atomic mass is 32.2. The first-order valence-electron chi connectivity index (χ1n) is 3.26. The SMILES string of the molecule is C[C@@H]1SC[C@H](C(=O)O)NC1=O. The Labute approximate surface area is 68.3 Å². The maximum absolute atomic E-state index is 10.9.